The molecule has 1 heterocycles. The Kier molecular flexibility index (Phi) is 26.7. The summed E-state index contributed by atoms with van der Waals surface area (Å²) in [7, 11) is 0. The maximum Gasteiger partial charge on any atom is 0.169 e. The molecule has 0 amide bonds. The number of hydrogen-bond acceptors (Lipinski definition) is 3. The van der Waals surface area contributed by atoms with Gasteiger partial charge in [0, 0.05) is 12.8 Å². The predicted molar refractivity (Wildman–Crippen MR) is 208 cm³/mol. The van der Waals surface area contributed by atoms with Gasteiger partial charge in [0.2, 0.25) is 0 Å². The zero-order valence-corrected chi connectivity index (χ0v) is 32.1. The van der Waals surface area contributed by atoms with Gasteiger partial charge in [0.25, 0.3) is 0 Å². The third kappa shape index (κ3) is 20.8. The first-order valence-electron chi connectivity index (χ1n) is 20.5. The van der Waals surface area contributed by atoms with Crippen LogP contribution >= 0.6 is 0 Å². The van der Waals surface area contributed by atoms with Crippen LogP contribution in [0, 0.1) is 5.41 Å². The monoisotopic (exact) mass is 656 g/mol. The molecule has 1 saturated heterocycles. The molecule has 3 N–H and O–H groups in total. The zero-order chi connectivity index (χ0) is 33.0. The topological polar surface area (TPSA) is 53.5 Å². The Morgan fingerprint density at radius 2 is 0.872 bits per heavy atom. The molecule has 0 aromatic heterocycles. The van der Waals surface area contributed by atoms with Crippen molar-refractivity contribution < 1.29 is 9.47 Å². The Bertz CT molecular complexity index is 777. The van der Waals surface area contributed by atoms with E-state index in [9.17, 15) is 0 Å². The second-order valence-electron chi connectivity index (χ2n) is 15.3. The summed E-state index contributed by atoms with van der Waals surface area (Å²) in [5, 5.41) is 0. The van der Waals surface area contributed by atoms with Gasteiger partial charge in [-0.1, -0.05) is 153 Å². The number of hydrogen-bond donors (Lipinski definition) is 1. The minimum absolute atomic E-state index is 0. The van der Waals surface area contributed by atoms with Gasteiger partial charge in [0.05, 0.1) is 12.2 Å². The van der Waals surface area contributed by atoms with Gasteiger partial charge in [-0.25, -0.2) is 0 Å². The molecule has 2 fully saturated rings. The van der Waals surface area contributed by atoms with Crippen LogP contribution in [0.4, 0.5) is 0 Å². The third-order valence-corrected chi connectivity index (χ3v) is 10.4. The predicted octanol–water partition coefficient (Wildman–Crippen LogP) is 14.9. The zero-order valence-electron chi connectivity index (χ0n) is 32.1. The largest absolute Gasteiger partial charge is 0.344 e. The van der Waals surface area contributed by atoms with Crippen LogP contribution < -0.4 is 6.15 Å². The van der Waals surface area contributed by atoms with E-state index in [-0.39, 0.29) is 17.4 Å². The van der Waals surface area contributed by atoms with Gasteiger partial charge in [-0.2, -0.15) is 0 Å². The summed E-state index contributed by atoms with van der Waals surface area (Å²) < 4.78 is 13.7. The first kappa shape index (κ1) is 43.9. The highest BCUT2D eigenvalue weighted by molar-refractivity contribution is 5.00. The lowest BCUT2D eigenvalue weighted by atomic mass is 9.89. The first-order chi connectivity index (χ1) is 22.5. The van der Waals surface area contributed by atoms with Crippen LogP contribution in [-0.4, -0.2) is 18.0 Å². The van der Waals surface area contributed by atoms with Crippen LogP contribution in [0.3, 0.4) is 0 Å². The van der Waals surface area contributed by atoms with Crippen molar-refractivity contribution in [2.24, 2.45) is 5.41 Å². The van der Waals surface area contributed by atoms with Crippen LogP contribution in [0.2, 0.25) is 0 Å². The molecule has 1 aliphatic heterocycles. The van der Waals surface area contributed by atoms with E-state index >= 15 is 0 Å². The Balaban J connectivity index is 0.0000110. The van der Waals surface area contributed by atoms with E-state index in [0.29, 0.717) is 12.2 Å². The number of rotatable bonds is 30. The van der Waals surface area contributed by atoms with E-state index in [0.717, 1.165) is 25.7 Å². The minimum Gasteiger partial charge on any atom is -0.344 e. The molecule has 1 aliphatic carbocycles. The molecular formula is C44H81NO2. The highest BCUT2D eigenvalue weighted by Crippen LogP contribution is 2.51. The second kappa shape index (κ2) is 28.7. The van der Waals surface area contributed by atoms with Gasteiger partial charge in [-0.15, -0.1) is 0 Å². The molecule has 3 nitrogen and oxygen atoms in total. The second-order valence-corrected chi connectivity index (χ2v) is 15.3. The van der Waals surface area contributed by atoms with E-state index in [1.54, 1.807) is 0 Å². The summed E-state index contributed by atoms with van der Waals surface area (Å²) in [4.78, 5) is 0. The van der Waals surface area contributed by atoms with Crippen molar-refractivity contribution in [2.75, 3.05) is 0 Å². The van der Waals surface area contributed by atoms with Crippen molar-refractivity contribution in [1.82, 2.24) is 6.15 Å². The van der Waals surface area contributed by atoms with E-state index in [4.69, 9.17) is 9.47 Å². The molecule has 0 aromatic carbocycles. The van der Waals surface area contributed by atoms with Crippen molar-refractivity contribution in [1.29, 1.82) is 0 Å². The molecule has 2 aliphatic rings. The lowest BCUT2D eigenvalue weighted by molar-refractivity contribution is -0.199. The van der Waals surface area contributed by atoms with Crippen LogP contribution in [0.25, 0.3) is 0 Å². The summed E-state index contributed by atoms with van der Waals surface area (Å²) in [5.74, 6) is -0.308. The number of fused-ring (bicyclic) bond motifs is 1. The van der Waals surface area contributed by atoms with Gasteiger partial charge in [-0.05, 0) is 95.3 Å². The third-order valence-electron chi connectivity index (χ3n) is 10.4. The number of allylic oxidation sites excluding steroid dienone is 8. The quantitative estimate of drug-likeness (QED) is 0.0619. The lowest BCUT2D eigenvalue weighted by Crippen LogP contribution is -2.34. The van der Waals surface area contributed by atoms with Crippen molar-refractivity contribution in [2.45, 2.75) is 225 Å². The maximum atomic E-state index is 6.89. The van der Waals surface area contributed by atoms with Crippen LogP contribution in [0.15, 0.2) is 48.6 Å². The van der Waals surface area contributed by atoms with Crippen molar-refractivity contribution in [3.63, 3.8) is 0 Å². The molecule has 0 radical (unpaired) electrons. The molecule has 2 unspecified atom stereocenters. The standard InChI is InChI=1S/C44H78O2.H3N/c1-5-7-9-11-13-15-17-19-21-23-25-27-29-31-33-35-38-44(45-41-37-40-43(3,4)42(41)46-44)39-36-34-32-30-28-26-24-22-20-18-16-14-12-10-8-6-2;/h13-16,19-22,41-42H,5-12,17-18,23-40H2,1-4H3;1H3/b15-13-,16-14-,21-19-,22-20-;. The van der Waals surface area contributed by atoms with Crippen LogP contribution in [0.5, 0.6) is 0 Å². The fraction of sp³-hybridized carbons (Fsp3) is 0.818. The van der Waals surface area contributed by atoms with Gasteiger partial charge in [0.15, 0.2) is 5.79 Å². The molecule has 3 heteroatoms. The highest BCUT2D eigenvalue weighted by Gasteiger charge is 2.55. The Morgan fingerprint density at radius 1 is 0.489 bits per heavy atom. The summed E-state index contributed by atoms with van der Waals surface area (Å²) >= 11 is 0. The normalized spacial score (nSPS) is 20.3. The van der Waals surface area contributed by atoms with Crippen LogP contribution in [-0.2, 0) is 9.47 Å². The lowest BCUT2D eigenvalue weighted by Gasteiger charge is -2.32. The Labute approximate surface area is 294 Å². The van der Waals surface area contributed by atoms with E-state index in [1.807, 2.05) is 0 Å². The van der Waals surface area contributed by atoms with Crippen molar-refractivity contribution in [3.8, 4) is 0 Å². The Morgan fingerprint density at radius 3 is 1.28 bits per heavy atom. The molecule has 2 atom stereocenters. The summed E-state index contributed by atoms with van der Waals surface area (Å²) in [6.45, 7) is 9.32. The molecule has 0 aromatic rings. The van der Waals surface area contributed by atoms with Gasteiger partial charge in [0.1, 0.15) is 0 Å². The average Bonchev–Trinajstić information content (AvgIpc) is 3.55. The SMILES string of the molecule is CCCCC/C=C\C/C=C\CCCCCCCCC1(CCCCCCCC/C=C\C/C=C\CCCCC)OC2CCC(C)(C)C2O1.N. The summed E-state index contributed by atoms with van der Waals surface area (Å²) in [6, 6.07) is 0. The Hall–Kier alpha value is -1.16. The molecule has 0 bridgehead atoms. The number of ether oxygens (including phenoxy) is 2. The summed E-state index contributed by atoms with van der Waals surface area (Å²) in [5.41, 5.74) is 0.255. The van der Waals surface area contributed by atoms with E-state index in [1.165, 1.54) is 154 Å². The average molecular weight is 656 g/mol. The fourth-order valence-corrected chi connectivity index (χ4v) is 7.33. The van der Waals surface area contributed by atoms with E-state index in [2.05, 4.69) is 76.3 Å². The summed E-state index contributed by atoms with van der Waals surface area (Å²) in [6.07, 6.45) is 55.2. The maximum absolute atomic E-state index is 6.89. The van der Waals surface area contributed by atoms with Gasteiger partial charge in [-0.3, -0.25) is 0 Å². The van der Waals surface area contributed by atoms with E-state index < -0.39 is 0 Å². The molecule has 0 spiro atoms. The molecule has 1 saturated carbocycles. The first-order valence-corrected chi connectivity index (χ1v) is 20.5. The highest BCUT2D eigenvalue weighted by atomic mass is 16.8. The van der Waals surface area contributed by atoms with Gasteiger partial charge >= 0.3 is 0 Å². The molecule has 2 rings (SSSR count). The fourth-order valence-electron chi connectivity index (χ4n) is 7.33. The smallest absolute Gasteiger partial charge is 0.169 e. The van der Waals surface area contributed by atoms with Crippen molar-refractivity contribution in [3.05, 3.63) is 48.6 Å². The van der Waals surface area contributed by atoms with Crippen LogP contribution in [0.1, 0.15) is 207 Å². The van der Waals surface area contributed by atoms with Crippen molar-refractivity contribution >= 4 is 0 Å². The number of unbranched alkanes of at least 4 members (excludes halogenated alkanes) is 18. The minimum atomic E-state index is -0.308. The molecular weight excluding hydrogens is 574 g/mol. The molecule has 274 valence electrons. The molecule has 47 heavy (non-hydrogen) atoms. The van der Waals surface area contributed by atoms with Gasteiger partial charge < -0.3 is 15.6 Å².